The van der Waals surface area contributed by atoms with Crippen LogP contribution in [0.1, 0.15) is 77.6 Å². The van der Waals surface area contributed by atoms with Crippen molar-refractivity contribution in [3.63, 3.8) is 0 Å². The van der Waals surface area contributed by atoms with Crippen LogP contribution < -0.4 is 30.9 Å². The summed E-state index contributed by atoms with van der Waals surface area (Å²) in [4.78, 5) is 73.6. The van der Waals surface area contributed by atoms with Gasteiger partial charge in [-0.2, -0.15) is 4.98 Å². The SMILES string of the molecule is Cc1cnc(Nc2ccc(N3CCN(C(=O)CCOCCOCCOCCOCCOCCC(=O)N[C@H](C(=O)N4C[C@H](O)C[C@H]4C(=O)NCc4ccc(-c5scnc5C)cc4)C(C)(C)C)CC3)cc2)nc1Nc1cccc(S(=O)(=O)NC(C)(C)C)c1. The minimum absolute atomic E-state index is 0.0133. The average molecular weight is 1230 g/mol. The number of anilines is 5. The van der Waals surface area contributed by atoms with Crippen molar-refractivity contribution in [2.75, 3.05) is 114 Å². The molecule has 86 heavy (non-hydrogen) atoms. The number of β-amino-alcohol motifs (C(OH)–C–C–N with tert-alkyl or cyclic N) is 1. The molecule has 2 aromatic heterocycles. The number of hydrogen-bond donors (Lipinski definition) is 6. The summed E-state index contributed by atoms with van der Waals surface area (Å²) in [5.41, 5.74) is 6.58. The van der Waals surface area contributed by atoms with Crippen LogP contribution in [0.25, 0.3) is 10.4 Å². The molecule has 4 amide bonds. The van der Waals surface area contributed by atoms with Crippen molar-refractivity contribution in [3.8, 4) is 10.4 Å². The Kier molecular flexibility index (Phi) is 24.7. The van der Waals surface area contributed by atoms with Gasteiger partial charge in [-0.1, -0.05) is 51.1 Å². The molecule has 4 heterocycles. The van der Waals surface area contributed by atoms with E-state index in [2.05, 4.69) is 45.8 Å². The first-order valence-electron chi connectivity index (χ1n) is 29.1. The lowest BCUT2D eigenvalue weighted by molar-refractivity contribution is -0.144. The number of piperazine rings is 1. The van der Waals surface area contributed by atoms with E-state index in [9.17, 15) is 32.7 Å². The van der Waals surface area contributed by atoms with E-state index in [1.165, 1.54) is 4.90 Å². The van der Waals surface area contributed by atoms with Gasteiger partial charge in [-0.3, -0.25) is 19.2 Å². The molecule has 0 bridgehead atoms. The molecule has 0 radical (unpaired) electrons. The van der Waals surface area contributed by atoms with Gasteiger partial charge in [-0.05, 0) is 93.6 Å². The molecule has 0 saturated carbocycles. The fourth-order valence-electron chi connectivity index (χ4n) is 9.54. The number of hydrogen-bond acceptors (Lipinski definition) is 19. The second-order valence-corrected chi connectivity index (χ2v) is 25.8. The molecule has 0 unspecified atom stereocenters. The predicted octanol–water partition coefficient (Wildman–Crippen LogP) is 6.10. The zero-order valence-corrected chi connectivity index (χ0v) is 52.3. The van der Waals surface area contributed by atoms with Gasteiger partial charge < -0.3 is 64.8 Å². The van der Waals surface area contributed by atoms with E-state index in [4.69, 9.17) is 23.7 Å². The Labute approximate surface area is 509 Å². The molecule has 2 aliphatic heterocycles. The fourth-order valence-corrected chi connectivity index (χ4v) is 11.8. The van der Waals surface area contributed by atoms with Crippen LogP contribution in [0.2, 0.25) is 0 Å². The van der Waals surface area contributed by atoms with Gasteiger partial charge in [0, 0.05) is 86.5 Å². The molecule has 23 nitrogen and oxygen atoms in total. The number of carbonyl (C=O) groups excluding carboxylic acids is 4. The Hall–Kier alpha value is -6.68. The molecule has 3 atom stereocenters. The first-order chi connectivity index (χ1) is 41.0. The van der Waals surface area contributed by atoms with Crippen molar-refractivity contribution in [1.82, 2.24) is 40.1 Å². The van der Waals surface area contributed by atoms with Crippen molar-refractivity contribution in [3.05, 3.63) is 101 Å². The number of benzene rings is 3. The van der Waals surface area contributed by atoms with Gasteiger partial charge in [0.15, 0.2) is 0 Å². The summed E-state index contributed by atoms with van der Waals surface area (Å²) in [6.07, 6.45) is 1.23. The highest BCUT2D eigenvalue weighted by Crippen LogP contribution is 2.30. The highest BCUT2D eigenvalue weighted by atomic mass is 32.2. The average Bonchev–Trinajstić information content (AvgIpc) is 4.05. The third-order valence-corrected chi connectivity index (χ3v) is 16.8. The number of ether oxygens (including phenoxy) is 5. The first kappa shape index (κ1) is 66.8. The molecule has 2 saturated heterocycles. The van der Waals surface area contributed by atoms with Crippen LogP contribution in [-0.2, 0) is 59.4 Å². The molecule has 0 aliphatic carbocycles. The number of amides is 4. The van der Waals surface area contributed by atoms with Gasteiger partial charge in [0.2, 0.25) is 39.6 Å². The molecule has 2 aliphatic rings. The molecule has 25 heteroatoms. The number of nitrogens with one attached hydrogen (secondary N) is 5. The van der Waals surface area contributed by atoms with E-state index in [0.29, 0.717) is 96.5 Å². The number of aliphatic hydroxyl groups is 1. The predicted molar refractivity (Wildman–Crippen MR) is 330 cm³/mol. The Balaban J connectivity index is 0.676. The lowest BCUT2D eigenvalue weighted by Crippen LogP contribution is -2.57. The number of sulfonamides is 1. The maximum Gasteiger partial charge on any atom is 0.246 e. The summed E-state index contributed by atoms with van der Waals surface area (Å²) in [5.74, 6) is -0.210. The van der Waals surface area contributed by atoms with Crippen molar-refractivity contribution < 1.29 is 56.4 Å². The van der Waals surface area contributed by atoms with Crippen LogP contribution >= 0.6 is 11.3 Å². The van der Waals surface area contributed by atoms with Crippen molar-refractivity contribution in [1.29, 1.82) is 0 Å². The quantitative estimate of drug-likeness (QED) is 0.0273. The standard InChI is InChI=1S/C61H85N11O12S2/c1-42-38-63-59(68-56(42)65-47-10-9-11-50(36-47)86(78,79)69-61(6,7)8)66-46-16-18-48(19-17-46)70-22-24-71(25-23-70)53(75)21-27-81-29-31-83-33-35-84-34-32-82-30-28-80-26-20-52(74)67-55(60(3,4)5)58(77)72-40-49(73)37-51(72)57(76)62-39-44-12-14-45(15-13-44)54-43(2)64-41-85-54/h9-19,36,38,41,49,51,55,69,73H,20-35,37,39-40H2,1-8H3,(H,62,76)(H,67,74)(H2,63,65,66,68)/t49-,51+,55-/m1/s1. The van der Waals surface area contributed by atoms with Gasteiger partial charge in [0.25, 0.3) is 0 Å². The summed E-state index contributed by atoms with van der Waals surface area (Å²) in [7, 11) is -3.72. The molecule has 6 N–H and O–H groups in total. The molecule has 3 aromatic carbocycles. The molecule has 0 spiro atoms. The number of likely N-dealkylation sites (tertiary alicyclic amines) is 1. The van der Waals surface area contributed by atoms with Gasteiger partial charge >= 0.3 is 0 Å². The number of thiazole rings is 1. The summed E-state index contributed by atoms with van der Waals surface area (Å²) < 4.78 is 56.6. The van der Waals surface area contributed by atoms with E-state index in [1.54, 1.807) is 62.6 Å². The number of aryl methyl sites for hydroxylation is 2. The first-order valence-corrected chi connectivity index (χ1v) is 31.5. The molecule has 2 fully saturated rings. The maximum absolute atomic E-state index is 14.0. The summed E-state index contributed by atoms with van der Waals surface area (Å²) in [6.45, 7) is 20.8. The van der Waals surface area contributed by atoms with Gasteiger partial charge in [-0.25, -0.2) is 23.1 Å². The third kappa shape index (κ3) is 20.8. The molecular formula is C61H85N11O12S2. The van der Waals surface area contributed by atoms with Crippen molar-refractivity contribution >= 4 is 73.8 Å². The van der Waals surface area contributed by atoms with E-state index in [1.807, 2.05) is 93.6 Å². The maximum atomic E-state index is 14.0. The van der Waals surface area contributed by atoms with Gasteiger partial charge in [0.1, 0.15) is 17.9 Å². The Morgan fingerprint density at radius 1 is 0.744 bits per heavy atom. The highest BCUT2D eigenvalue weighted by molar-refractivity contribution is 7.89. The summed E-state index contributed by atoms with van der Waals surface area (Å²) in [5, 5.41) is 22.8. The minimum Gasteiger partial charge on any atom is -0.391 e. The van der Waals surface area contributed by atoms with Crippen LogP contribution in [0.3, 0.4) is 0 Å². The zero-order valence-electron chi connectivity index (χ0n) is 50.7. The highest BCUT2D eigenvalue weighted by Gasteiger charge is 2.44. The van der Waals surface area contributed by atoms with E-state index >= 15 is 0 Å². The smallest absolute Gasteiger partial charge is 0.246 e. The zero-order chi connectivity index (χ0) is 61.9. The van der Waals surface area contributed by atoms with E-state index in [-0.39, 0.29) is 68.2 Å². The molecule has 7 rings (SSSR count). The fraction of sp³-hybridized carbons (Fsp3) is 0.525. The van der Waals surface area contributed by atoms with Crippen LogP contribution in [0.5, 0.6) is 0 Å². The second-order valence-electron chi connectivity index (χ2n) is 23.3. The molecule has 5 aromatic rings. The van der Waals surface area contributed by atoms with Crippen LogP contribution in [0, 0.1) is 19.3 Å². The number of nitrogens with zero attached hydrogens (tertiary/aromatic N) is 6. The number of carbonyl (C=O) groups is 4. The summed E-state index contributed by atoms with van der Waals surface area (Å²) in [6, 6.07) is 20.6. The Bertz CT molecular complexity index is 3110. The number of aliphatic hydroxyl groups excluding tert-OH is 1. The Morgan fingerprint density at radius 2 is 1.36 bits per heavy atom. The Morgan fingerprint density at radius 3 is 1.95 bits per heavy atom. The largest absolute Gasteiger partial charge is 0.391 e. The number of rotatable bonds is 31. The third-order valence-electron chi connectivity index (χ3n) is 14.1. The topological polar surface area (TPSA) is 277 Å². The second kappa shape index (κ2) is 31.8. The van der Waals surface area contributed by atoms with E-state index in [0.717, 1.165) is 38.6 Å². The van der Waals surface area contributed by atoms with Crippen molar-refractivity contribution in [2.24, 2.45) is 5.41 Å². The van der Waals surface area contributed by atoms with Crippen LogP contribution in [0.15, 0.2) is 89.4 Å². The van der Waals surface area contributed by atoms with Gasteiger partial charge in [0.05, 0.1) is 99.6 Å². The minimum atomic E-state index is -3.72. The number of aromatic nitrogens is 3. The lowest BCUT2D eigenvalue weighted by Gasteiger charge is -2.36. The van der Waals surface area contributed by atoms with Crippen LogP contribution in [-0.4, -0.2) is 184 Å². The molecular weight excluding hydrogens is 1140 g/mol. The van der Waals surface area contributed by atoms with E-state index < -0.39 is 45.1 Å². The molecule has 468 valence electrons. The monoisotopic (exact) mass is 1230 g/mol. The van der Waals surface area contributed by atoms with Gasteiger partial charge in [-0.15, -0.1) is 11.3 Å². The van der Waals surface area contributed by atoms with Crippen molar-refractivity contribution in [2.45, 2.75) is 110 Å². The summed E-state index contributed by atoms with van der Waals surface area (Å²) >= 11 is 1.57. The normalized spacial score (nSPS) is 16.0. The lowest BCUT2D eigenvalue weighted by atomic mass is 9.85. The van der Waals surface area contributed by atoms with Crippen LogP contribution in [0.4, 0.5) is 28.8 Å².